The summed E-state index contributed by atoms with van der Waals surface area (Å²) in [5.41, 5.74) is 16.7. The smallest absolute Gasteiger partial charge is 0.248 e. The Balaban J connectivity index is 1.34. The second kappa shape index (κ2) is 9.99. The molecule has 4 heterocycles. The van der Waals surface area contributed by atoms with Crippen molar-refractivity contribution in [3.8, 4) is 5.69 Å². The Bertz CT molecular complexity index is 1660. The number of para-hydroxylation sites is 1. The number of carbonyl (C=O) groups excluding carboxylic acids is 1. The molecule has 1 fully saturated rings. The van der Waals surface area contributed by atoms with Crippen LogP contribution in [0.5, 0.6) is 0 Å². The maximum atomic E-state index is 11.6. The van der Waals surface area contributed by atoms with Crippen molar-refractivity contribution in [1.29, 1.82) is 0 Å². The maximum Gasteiger partial charge on any atom is 0.248 e. The minimum atomic E-state index is -0.462. The van der Waals surface area contributed by atoms with E-state index in [1.165, 1.54) is 0 Å². The van der Waals surface area contributed by atoms with Gasteiger partial charge in [0.25, 0.3) is 0 Å². The van der Waals surface area contributed by atoms with Gasteiger partial charge in [-0.25, -0.2) is 4.68 Å². The van der Waals surface area contributed by atoms with Crippen molar-refractivity contribution in [3.63, 3.8) is 0 Å². The zero-order chi connectivity index (χ0) is 27.1. The predicted octanol–water partition coefficient (Wildman–Crippen LogP) is 3.23. The number of rotatable bonds is 7. The van der Waals surface area contributed by atoms with Crippen LogP contribution in [0.15, 0.2) is 54.9 Å². The monoisotopic (exact) mass is 524 g/mol. The van der Waals surface area contributed by atoms with Gasteiger partial charge in [-0.05, 0) is 48.6 Å². The highest BCUT2D eigenvalue weighted by Gasteiger charge is 2.22. The highest BCUT2D eigenvalue weighted by atomic mass is 16.1. The van der Waals surface area contributed by atoms with Gasteiger partial charge in [0.1, 0.15) is 0 Å². The molecule has 0 radical (unpaired) electrons. The minimum absolute atomic E-state index is 0.224. The van der Waals surface area contributed by atoms with Crippen LogP contribution in [0.2, 0.25) is 0 Å². The van der Waals surface area contributed by atoms with Crippen molar-refractivity contribution in [1.82, 2.24) is 29.4 Å². The molecular weight excluding hydrogens is 492 g/mol. The number of hydrogen-bond acceptors (Lipinski definition) is 8. The van der Waals surface area contributed by atoms with E-state index in [1.807, 2.05) is 41.3 Å². The molecule has 1 aliphatic rings. The summed E-state index contributed by atoms with van der Waals surface area (Å²) in [7, 11) is 0. The van der Waals surface area contributed by atoms with E-state index < -0.39 is 5.91 Å². The molecule has 6 rings (SSSR count). The number of fused-ring (bicyclic) bond motifs is 2. The molecule has 0 atom stereocenters. The molecule has 2 aromatic carbocycles. The fourth-order valence-corrected chi connectivity index (χ4v) is 5.01. The Morgan fingerprint density at radius 2 is 1.92 bits per heavy atom. The number of carbonyl (C=O) groups is 1. The van der Waals surface area contributed by atoms with Gasteiger partial charge in [0, 0.05) is 48.4 Å². The Hall–Kier alpha value is -4.51. The van der Waals surface area contributed by atoms with Crippen molar-refractivity contribution in [3.05, 3.63) is 71.5 Å². The van der Waals surface area contributed by atoms with Crippen molar-refractivity contribution in [2.45, 2.75) is 45.2 Å². The average molecular weight is 525 g/mol. The van der Waals surface area contributed by atoms with Crippen LogP contribution in [0.25, 0.3) is 22.2 Å². The fraction of sp³-hybridized carbons (Fsp3) is 0.321. The van der Waals surface area contributed by atoms with Gasteiger partial charge < -0.3 is 21.7 Å². The highest BCUT2D eigenvalue weighted by molar-refractivity contribution is 5.96. The van der Waals surface area contributed by atoms with E-state index in [1.54, 1.807) is 16.6 Å². The summed E-state index contributed by atoms with van der Waals surface area (Å²) in [5, 5.41) is 13.7. The lowest BCUT2D eigenvalue weighted by atomic mass is 10.1. The highest BCUT2D eigenvalue weighted by Crippen LogP contribution is 2.26. The topological polar surface area (TPSA) is 145 Å². The third-order valence-electron chi connectivity index (χ3n) is 7.29. The number of hydrogen-bond donors (Lipinski definition) is 3. The summed E-state index contributed by atoms with van der Waals surface area (Å²) >= 11 is 0. The van der Waals surface area contributed by atoms with Crippen LogP contribution in [0.1, 0.15) is 54.1 Å². The van der Waals surface area contributed by atoms with Gasteiger partial charge in [0.15, 0.2) is 5.65 Å². The second-order valence-electron chi connectivity index (χ2n) is 10.4. The molecule has 0 bridgehead atoms. The van der Waals surface area contributed by atoms with Crippen LogP contribution in [0.4, 0.5) is 11.9 Å². The van der Waals surface area contributed by atoms with Gasteiger partial charge in [-0.3, -0.25) is 4.79 Å². The molecule has 0 spiro atoms. The molecular formula is C28H32N10O. The quantitative estimate of drug-likeness (QED) is 0.294. The maximum absolute atomic E-state index is 11.6. The van der Waals surface area contributed by atoms with E-state index >= 15 is 0 Å². The molecule has 5 aromatic rings. The first-order valence-electron chi connectivity index (χ1n) is 13.2. The minimum Gasteiger partial charge on any atom is -0.366 e. The number of piperidine rings is 1. The van der Waals surface area contributed by atoms with Crippen molar-refractivity contribution >= 4 is 34.4 Å². The number of nitrogens with zero attached hydrogens (tertiary/aromatic N) is 7. The Morgan fingerprint density at radius 1 is 1.13 bits per heavy atom. The number of aromatic nitrogens is 6. The summed E-state index contributed by atoms with van der Waals surface area (Å²) in [4.78, 5) is 23.6. The summed E-state index contributed by atoms with van der Waals surface area (Å²) in [6.07, 6.45) is 5.62. The second-order valence-corrected chi connectivity index (χ2v) is 10.4. The number of nitrogens with one attached hydrogen (secondary N) is 1. The first kappa shape index (κ1) is 24.8. The van der Waals surface area contributed by atoms with Gasteiger partial charge in [0.2, 0.25) is 17.8 Å². The lowest BCUT2D eigenvalue weighted by Gasteiger charge is -2.30. The van der Waals surface area contributed by atoms with Gasteiger partial charge in [-0.2, -0.15) is 24.7 Å². The SMILES string of the molecule is CC(C)c1cnn2c(NCc3ccccc3-n3cc4cc(C(N)=O)ccc4n3)nc(N3CCC(N)CC3)nc12. The van der Waals surface area contributed by atoms with Gasteiger partial charge in [-0.1, -0.05) is 32.0 Å². The molecule has 1 amide bonds. The molecule has 5 N–H and O–H groups in total. The van der Waals surface area contributed by atoms with Crippen LogP contribution < -0.4 is 21.7 Å². The van der Waals surface area contributed by atoms with E-state index in [4.69, 9.17) is 26.5 Å². The Kier molecular flexibility index (Phi) is 6.35. The molecule has 1 aliphatic heterocycles. The van der Waals surface area contributed by atoms with Crippen LogP contribution in [-0.2, 0) is 6.54 Å². The van der Waals surface area contributed by atoms with Crippen molar-refractivity contribution in [2.75, 3.05) is 23.3 Å². The molecule has 0 saturated carbocycles. The normalized spacial score (nSPS) is 14.5. The van der Waals surface area contributed by atoms with E-state index in [9.17, 15) is 4.79 Å². The number of amides is 1. The predicted molar refractivity (Wildman–Crippen MR) is 151 cm³/mol. The summed E-state index contributed by atoms with van der Waals surface area (Å²) in [6, 6.07) is 13.5. The first-order chi connectivity index (χ1) is 18.9. The Morgan fingerprint density at radius 3 is 2.69 bits per heavy atom. The van der Waals surface area contributed by atoms with E-state index in [-0.39, 0.29) is 12.0 Å². The van der Waals surface area contributed by atoms with Crippen LogP contribution in [0.3, 0.4) is 0 Å². The molecule has 0 aliphatic carbocycles. The zero-order valence-electron chi connectivity index (χ0n) is 22.1. The largest absolute Gasteiger partial charge is 0.366 e. The summed E-state index contributed by atoms with van der Waals surface area (Å²) in [5.74, 6) is 1.13. The van der Waals surface area contributed by atoms with Gasteiger partial charge >= 0.3 is 0 Å². The summed E-state index contributed by atoms with van der Waals surface area (Å²) in [6.45, 7) is 6.43. The number of nitrogens with two attached hydrogens (primary N) is 2. The first-order valence-corrected chi connectivity index (χ1v) is 13.2. The summed E-state index contributed by atoms with van der Waals surface area (Å²) < 4.78 is 3.61. The number of anilines is 2. The van der Waals surface area contributed by atoms with Crippen LogP contribution in [0, 0.1) is 0 Å². The van der Waals surface area contributed by atoms with E-state index in [0.29, 0.717) is 24.0 Å². The van der Waals surface area contributed by atoms with Crippen LogP contribution in [-0.4, -0.2) is 54.4 Å². The van der Waals surface area contributed by atoms with Gasteiger partial charge in [-0.15, -0.1) is 0 Å². The number of benzene rings is 2. The molecule has 0 unspecified atom stereocenters. The van der Waals surface area contributed by atoms with Crippen molar-refractivity contribution < 1.29 is 4.79 Å². The fourth-order valence-electron chi connectivity index (χ4n) is 5.01. The third-order valence-corrected chi connectivity index (χ3v) is 7.29. The van der Waals surface area contributed by atoms with E-state index in [2.05, 4.69) is 35.2 Å². The third kappa shape index (κ3) is 4.76. The molecule has 1 saturated heterocycles. The number of primary amides is 1. The zero-order valence-corrected chi connectivity index (χ0v) is 22.1. The lowest BCUT2D eigenvalue weighted by Crippen LogP contribution is -2.40. The molecule has 200 valence electrons. The average Bonchev–Trinajstić information content (AvgIpc) is 3.56. The lowest BCUT2D eigenvalue weighted by molar-refractivity contribution is 0.100. The standard InChI is InChI=1S/C28H32N10O/c1-17(2)22-15-32-38-26(22)33-28(36-11-9-21(29)10-12-36)34-27(38)31-14-19-5-3-4-6-24(19)37-16-20-13-18(25(30)39)7-8-23(20)35-37/h3-8,13,15-17,21H,9-12,14,29H2,1-2H3,(H2,30,39)(H,31,33,34). The van der Waals surface area contributed by atoms with Crippen molar-refractivity contribution in [2.24, 2.45) is 11.5 Å². The molecule has 11 heteroatoms. The van der Waals surface area contributed by atoms with Crippen LogP contribution >= 0.6 is 0 Å². The Labute approximate surface area is 225 Å². The van der Waals surface area contributed by atoms with E-state index in [0.717, 1.165) is 59.3 Å². The molecule has 3 aromatic heterocycles. The molecule has 11 nitrogen and oxygen atoms in total. The van der Waals surface area contributed by atoms with Gasteiger partial charge in [0.05, 0.1) is 17.4 Å². The molecule has 39 heavy (non-hydrogen) atoms.